The number of ether oxygens (including phenoxy) is 2. The van der Waals surface area contributed by atoms with Crippen LogP contribution in [0.2, 0.25) is 0 Å². The third kappa shape index (κ3) is 3.16. The van der Waals surface area contributed by atoms with Crippen molar-refractivity contribution in [1.82, 2.24) is 5.32 Å². The maximum Gasteiger partial charge on any atom is 0.128 e. The molecule has 0 radical (unpaired) electrons. The smallest absolute Gasteiger partial charge is 0.128 e. The normalized spacial score (nSPS) is 12.0. The zero-order valence-corrected chi connectivity index (χ0v) is 12.7. The van der Waals surface area contributed by atoms with Gasteiger partial charge in [0.2, 0.25) is 0 Å². The number of hydrogen-bond donors (Lipinski definition) is 1. The molecular weight excluding hydrogens is 269 g/mol. The lowest BCUT2D eigenvalue weighted by atomic mass is 9.96. The van der Waals surface area contributed by atoms with Gasteiger partial charge in [0.05, 0.1) is 20.3 Å². The van der Waals surface area contributed by atoms with E-state index in [0.717, 1.165) is 11.1 Å². The molecule has 1 unspecified atom stereocenters. The van der Waals surface area contributed by atoms with Gasteiger partial charge in [0.1, 0.15) is 17.3 Å². The molecule has 0 aliphatic heterocycles. The summed E-state index contributed by atoms with van der Waals surface area (Å²) < 4.78 is 24.9. The van der Waals surface area contributed by atoms with Crippen molar-refractivity contribution >= 4 is 0 Å². The summed E-state index contributed by atoms with van der Waals surface area (Å²) in [7, 11) is 4.99. The van der Waals surface area contributed by atoms with E-state index in [4.69, 9.17) is 9.47 Å². The maximum atomic E-state index is 14.2. The molecule has 0 bridgehead atoms. The Labute approximate surface area is 124 Å². The number of nitrogens with one attached hydrogen (secondary N) is 1. The number of hydrogen-bond acceptors (Lipinski definition) is 3. The predicted octanol–water partition coefficient (Wildman–Crippen LogP) is 3.46. The van der Waals surface area contributed by atoms with E-state index in [1.807, 2.05) is 25.1 Å². The largest absolute Gasteiger partial charge is 0.497 e. The molecule has 0 saturated carbocycles. The minimum absolute atomic E-state index is 0.229. The highest BCUT2D eigenvalue weighted by Gasteiger charge is 2.20. The van der Waals surface area contributed by atoms with Crippen LogP contribution in [0, 0.1) is 12.7 Å². The van der Waals surface area contributed by atoms with Crippen LogP contribution in [-0.2, 0) is 0 Å². The summed E-state index contributed by atoms with van der Waals surface area (Å²) in [4.78, 5) is 0. The summed E-state index contributed by atoms with van der Waals surface area (Å²) in [6, 6.07) is 10.5. The minimum atomic E-state index is -0.286. The Kier molecular flexibility index (Phi) is 4.81. The second kappa shape index (κ2) is 6.59. The van der Waals surface area contributed by atoms with Crippen molar-refractivity contribution in [1.29, 1.82) is 0 Å². The Morgan fingerprint density at radius 1 is 1.00 bits per heavy atom. The summed E-state index contributed by atoms with van der Waals surface area (Å²) in [6.45, 7) is 1.87. The van der Waals surface area contributed by atoms with Gasteiger partial charge in [0, 0.05) is 17.2 Å². The van der Waals surface area contributed by atoms with Gasteiger partial charge in [-0.1, -0.05) is 12.1 Å². The molecular formula is C17H20FNO2. The Hall–Kier alpha value is -2.07. The van der Waals surface area contributed by atoms with Crippen LogP contribution in [0.4, 0.5) is 4.39 Å². The first-order valence-electron chi connectivity index (χ1n) is 6.76. The van der Waals surface area contributed by atoms with Crippen molar-refractivity contribution in [3.05, 3.63) is 58.9 Å². The molecule has 2 aromatic rings. The van der Waals surface area contributed by atoms with Crippen LogP contribution < -0.4 is 14.8 Å². The molecule has 1 N–H and O–H groups in total. The van der Waals surface area contributed by atoms with Crippen LogP contribution in [0.5, 0.6) is 11.5 Å². The molecule has 4 heteroatoms. The first kappa shape index (κ1) is 15.3. The van der Waals surface area contributed by atoms with Crippen molar-refractivity contribution in [2.45, 2.75) is 13.0 Å². The van der Waals surface area contributed by atoms with E-state index in [-0.39, 0.29) is 11.9 Å². The fourth-order valence-corrected chi connectivity index (χ4v) is 2.40. The first-order valence-corrected chi connectivity index (χ1v) is 6.76. The Morgan fingerprint density at radius 2 is 1.71 bits per heavy atom. The van der Waals surface area contributed by atoms with Crippen LogP contribution in [0.1, 0.15) is 22.7 Å². The molecule has 3 nitrogen and oxygen atoms in total. The van der Waals surface area contributed by atoms with Gasteiger partial charge in [-0.3, -0.25) is 0 Å². The Balaban J connectivity index is 2.50. The van der Waals surface area contributed by atoms with Gasteiger partial charge in [0.15, 0.2) is 0 Å². The van der Waals surface area contributed by atoms with E-state index in [2.05, 4.69) is 5.32 Å². The summed E-state index contributed by atoms with van der Waals surface area (Å²) in [5.74, 6) is 1.13. The lowest BCUT2D eigenvalue weighted by Crippen LogP contribution is -2.19. The molecule has 0 amide bonds. The quantitative estimate of drug-likeness (QED) is 0.914. The fraction of sp³-hybridized carbons (Fsp3) is 0.294. The number of halogens is 1. The summed E-state index contributed by atoms with van der Waals surface area (Å²) >= 11 is 0. The fourth-order valence-electron chi connectivity index (χ4n) is 2.40. The third-order valence-corrected chi connectivity index (χ3v) is 3.51. The third-order valence-electron chi connectivity index (χ3n) is 3.51. The van der Waals surface area contributed by atoms with E-state index in [1.54, 1.807) is 33.4 Å². The van der Waals surface area contributed by atoms with Crippen LogP contribution >= 0.6 is 0 Å². The molecule has 0 aliphatic carbocycles. The van der Waals surface area contributed by atoms with Gasteiger partial charge < -0.3 is 14.8 Å². The average Bonchev–Trinajstić information content (AvgIpc) is 2.50. The summed E-state index contributed by atoms with van der Waals surface area (Å²) in [5.41, 5.74) is 2.35. The summed E-state index contributed by atoms with van der Waals surface area (Å²) in [6.07, 6.45) is 0. The molecule has 0 spiro atoms. The van der Waals surface area contributed by atoms with Crippen LogP contribution in [0.3, 0.4) is 0 Å². The molecule has 2 aromatic carbocycles. The lowest BCUT2D eigenvalue weighted by molar-refractivity contribution is 0.388. The standard InChI is InChI=1S/C17H20FNO2/c1-11-5-7-13(15(18)9-11)17(19-2)14-8-6-12(20-3)10-16(14)21-4/h5-10,17,19H,1-4H3. The molecule has 0 saturated heterocycles. The van der Waals surface area contributed by atoms with Gasteiger partial charge in [-0.25, -0.2) is 4.39 Å². The van der Waals surface area contributed by atoms with E-state index in [9.17, 15) is 4.39 Å². The number of benzene rings is 2. The van der Waals surface area contributed by atoms with E-state index >= 15 is 0 Å². The molecule has 0 fully saturated rings. The van der Waals surface area contributed by atoms with Crippen molar-refractivity contribution in [3.63, 3.8) is 0 Å². The topological polar surface area (TPSA) is 30.5 Å². The van der Waals surface area contributed by atoms with Gasteiger partial charge >= 0.3 is 0 Å². The van der Waals surface area contributed by atoms with E-state index in [0.29, 0.717) is 17.1 Å². The molecule has 0 heterocycles. The molecule has 112 valence electrons. The van der Waals surface area contributed by atoms with Gasteiger partial charge in [-0.05, 0) is 37.7 Å². The zero-order valence-electron chi connectivity index (χ0n) is 12.7. The zero-order chi connectivity index (χ0) is 15.4. The summed E-state index contributed by atoms with van der Waals surface area (Å²) in [5, 5.41) is 3.15. The second-order valence-corrected chi connectivity index (χ2v) is 4.85. The molecule has 0 aromatic heterocycles. The number of rotatable bonds is 5. The lowest BCUT2D eigenvalue weighted by Gasteiger charge is -2.21. The van der Waals surface area contributed by atoms with Gasteiger partial charge in [-0.15, -0.1) is 0 Å². The number of methoxy groups -OCH3 is 2. The molecule has 0 aliphatic rings. The molecule has 21 heavy (non-hydrogen) atoms. The highest BCUT2D eigenvalue weighted by molar-refractivity contribution is 5.46. The molecule has 2 rings (SSSR count). The maximum absolute atomic E-state index is 14.2. The van der Waals surface area contributed by atoms with Crippen LogP contribution in [0.25, 0.3) is 0 Å². The highest BCUT2D eigenvalue weighted by atomic mass is 19.1. The van der Waals surface area contributed by atoms with E-state index in [1.165, 1.54) is 6.07 Å². The minimum Gasteiger partial charge on any atom is -0.497 e. The van der Waals surface area contributed by atoms with Crippen molar-refractivity contribution in [3.8, 4) is 11.5 Å². The van der Waals surface area contributed by atoms with Crippen molar-refractivity contribution in [2.24, 2.45) is 0 Å². The monoisotopic (exact) mass is 289 g/mol. The van der Waals surface area contributed by atoms with Crippen LogP contribution in [-0.4, -0.2) is 21.3 Å². The van der Waals surface area contributed by atoms with Crippen molar-refractivity contribution < 1.29 is 13.9 Å². The molecule has 1 atom stereocenters. The Morgan fingerprint density at radius 3 is 2.29 bits per heavy atom. The Bertz CT molecular complexity index is 628. The first-order chi connectivity index (χ1) is 10.1. The number of aryl methyl sites for hydroxylation is 1. The van der Waals surface area contributed by atoms with E-state index < -0.39 is 0 Å². The SMILES string of the molecule is CNC(c1ccc(C)cc1F)c1ccc(OC)cc1OC. The highest BCUT2D eigenvalue weighted by Crippen LogP contribution is 2.33. The van der Waals surface area contributed by atoms with Crippen LogP contribution in [0.15, 0.2) is 36.4 Å². The van der Waals surface area contributed by atoms with Gasteiger partial charge in [0.25, 0.3) is 0 Å². The van der Waals surface area contributed by atoms with Gasteiger partial charge in [-0.2, -0.15) is 0 Å². The predicted molar refractivity (Wildman–Crippen MR) is 81.6 cm³/mol. The second-order valence-electron chi connectivity index (χ2n) is 4.85. The average molecular weight is 289 g/mol. The van der Waals surface area contributed by atoms with Crippen molar-refractivity contribution in [2.75, 3.05) is 21.3 Å².